The van der Waals surface area contributed by atoms with Crippen LogP contribution in [0.25, 0.3) is 0 Å². The van der Waals surface area contributed by atoms with E-state index in [1.807, 2.05) is 0 Å². The van der Waals surface area contributed by atoms with Crippen LogP contribution in [-0.2, 0) is 23.9 Å². The van der Waals surface area contributed by atoms with Gasteiger partial charge in [-0.25, -0.2) is 4.79 Å². The lowest BCUT2D eigenvalue weighted by Crippen LogP contribution is -2.56. The number of carboxylic acids is 1. The number of nitrogens with zero attached hydrogens (tertiary/aromatic N) is 3. The number of nitrogens with one attached hydrogen (secondary N) is 1. The van der Waals surface area contributed by atoms with Crippen molar-refractivity contribution in [3.05, 3.63) is 0 Å². The van der Waals surface area contributed by atoms with Crippen LogP contribution in [0, 0.1) is 0 Å². The van der Waals surface area contributed by atoms with Gasteiger partial charge in [0.15, 0.2) is 0 Å². The van der Waals surface area contributed by atoms with E-state index in [9.17, 15) is 24.0 Å². The summed E-state index contributed by atoms with van der Waals surface area (Å²) in [5.41, 5.74) is -0.675. The number of likely N-dealkylation sites (tertiary alicyclic amines) is 3. The van der Waals surface area contributed by atoms with Gasteiger partial charge >= 0.3 is 12.1 Å². The van der Waals surface area contributed by atoms with E-state index in [0.717, 1.165) is 0 Å². The Morgan fingerprint density at radius 1 is 0.818 bits per heavy atom. The number of carboxylic acid groups (broad SMARTS) is 1. The Hall–Kier alpha value is -2.85. The third-order valence-electron chi connectivity index (χ3n) is 6.24. The van der Waals surface area contributed by atoms with Crippen LogP contribution in [0.1, 0.15) is 59.3 Å². The summed E-state index contributed by atoms with van der Waals surface area (Å²) in [5.74, 6) is -2.21. The molecule has 0 unspecified atom stereocenters. The summed E-state index contributed by atoms with van der Waals surface area (Å²) >= 11 is 0. The molecule has 0 aromatic heterocycles. The van der Waals surface area contributed by atoms with E-state index in [-0.39, 0.29) is 11.8 Å². The van der Waals surface area contributed by atoms with Gasteiger partial charge in [-0.2, -0.15) is 0 Å². The van der Waals surface area contributed by atoms with Gasteiger partial charge in [0.05, 0.1) is 0 Å². The maximum atomic E-state index is 13.4. The average molecular weight is 467 g/mol. The lowest BCUT2D eigenvalue weighted by molar-refractivity contribution is -0.148. The monoisotopic (exact) mass is 466 g/mol. The molecule has 3 atom stereocenters. The second-order valence-electron chi connectivity index (χ2n) is 9.82. The number of carbonyl (C=O) groups is 5. The minimum absolute atomic E-state index is 0.264. The van der Waals surface area contributed by atoms with E-state index in [1.54, 1.807) is 25.7 Å². The van der Waals surface area contributed by atoms with E-state index in [0.29, 0.717) is 58.2 Å². The van der Waals surface area contributed by atoms with Crippen molar-refractivity contribution >= 4 is 29.8 Å². The summed E-state index contributed by atoms with van der Waals surface area (Å²) < 4.78 is 5.46. The molecule has 0 saturated carbocycles. The van der Waals surface area contributed by atoms with Gasteiger partial charge in [0.25, 0.3) is 0 Å². The second kappa shape index (κ2) is 9.96. The predicted molar refractivity (Wildman–Crippen MR) is 116 cm³/mol. The van der Waals surface area contributed by atoms with E-state index >= 15 is 0 Å². The summed E-state index contributed by atoms with van der Waals surface area (Å²) in [6.45, 7) is 6.03. The van der Waals surface area contributed by atoms with Gasteiger partial charge in [0.1, 0.15) is 30.3 Å². The van der Waals surface area contributed by atoms with Crippen molar-refractivity contribution in [1.82, 2.24) is 20.0 Å². The van der Waals surface area contributed by atoms with Crippen LogP contribution in [0.3, 0.4) is 0 Å². The van der Waals surface area contributed by atoms with Gasteiger partial charge in [-0.15, -0.1) is 0 Å². The highest BCUT2D eigenvalue weighted by molar-refractivity contribution is 5.95. The van der Waals surface area contributed by atoms with Crippen LogP contribution >= 0.6 is 0 Å². The van der Waals surface area contributed by atoms with Gasteiger partial charge in [0, 0.05) is 19.6 Å². The Bertz CT molecular complexity index is 809. The fraction of sp³-hybridized carbons (Fsp3) is 0.773. The maximum absolute atomic E-state index is 13.4. The second-order valence-corrected chi connectivity index (χ2v) is 9.82. The maximum Gasteiger partial charge on any atom is 0.410 e. The van der Waals surface area contributed by atoms with E-state index < -0.39 is 48.2 Å². The highest BCUT2D eigenvalue weighted by Crippen LogP contribution is 2.29. The molecule has 33 heavy (non-hydrogen) atoms. The molecule has 2 N–H and O–H groups in total. The number of amides is 4. The molecular formula is C22H34N4O7. The van der Waals surface area contributed by atoms with Crippen LogP contribution in [0.5, 0.6) is 0 Å². The first-order chi connectivity index (χ1) is 15.5. The fourth-order valence-electron chi connectivity index (χ4n) is 4.82. The van der Waals surface area contributed by atoms with Gasteiger partial charge in [-0.1, -0.05) is 0 Å². The number of aliphatic carboxylic acids is 1. The molecular weight excluding hydrogens is 432 g/mol. The van der Waals surface area contributed by atoms with Crippen LogP contribution in [0.2, 0.25) is 0 Å². The van der Waals surface area contributed by atoms with Crippen molar-refractivity contribution < 1.29 is 33.8 Å². The van der Waals surface area contributed by atoms with Crippen LogP contribution in [-0.4, -0.2) is 99.5 Å². The van der Waals surface area contributed by atoms with E-state index in [2.05, 4.69) is 5.32 Å². The van der Waals surface area contributed by atoms with Crippen molar-refractivity contribution in [2.75, 3.05) is 26.2 Å². The summed E-state index contributed by atoms with van der Waals surface area (Å²) in [6.07, 6.45) is 2.89. The minimum Gasteiger partial charge on any atom is -0.480 e. The number of rotatable bonds is 5. The third-order valence-corrected chi connectivity index (χ3v) is 6.24. The Labute approximate surface area is 193 Å². The van der Waals surface area contributed by atoms with Crippen molar-refractivity contribution in [2.45, 2.75) is 83.0 Å². The topological polar surface area (TPSA) is 137 Å². The minimum atomic E-state index is -1.15. The zero-order valence-electron chi connectivity index (χ0n) is 19.5. The zero-order chi connectivity index (χ0) is 24.3. The standard InChI is InChI=1S/C22H34N4O7/c1-22(2,3)33-21(32)26-12-6-9-16(26)20(31)25-11-5-8-15(25)19(30)24-10-4-7-14(24)18(29)23-13-17(27)28/h14-16H,4-13H2,1-3H3,(H,23,29)(H,27,28)/t14-,15-,16-/m0/s1. The molecule has 0 aliphatic carbocycles. The highest BCUT2D eigenvalue weighted by atomic mass is 16.6. The summed E-state index contributed by atoms with van der Waals surface area (Å²) in [7, 11) is 0. The molecule has 11 heteroatoms. The largest absolute Gasteiger partial charge is 0.480 e. The smallest absolute Gasteiger partial charge is 0.410 e. The number of ether oxygens (including phenoxy) is 1. The first kappa shape index (κ1) is 24.8. The molecule has 3 rings (SSSR count). The molecule has 4 amide bonds. The Kier molecular flexibility index (Phi) is 7.48. The molecule has 11 nitrogen and oxygen atoms in total. The van der Waals surface area contributed by atoms with Crippen LogP contribution in [0.4, 0.5) is 4.79 Å². The van der Waals surface area contributed by atoms with E-state index in [1.165, 1.54) is 9.80 Å². The normalized spacial score (nSPS) is 25.3. The molecule has 0 bridgehead atoms. The molecule has 3 fully saturated rings. The van der Waals surface area contributed by atoms with Gasteiger partial charge in [0.2, 0.25) is 17.7 Å². The number of carbonyl (C=O) groups excluding carboxylic acids is 4. The van der Waals surface area contributed by atoms with Gasteiger partial charge < -0.3 is 25.0 Å². The van der Waals surface area contributed by atoms with Crippen molar-refractivity contribution in [1.29, 1.82) is 0 Å². The molecule has 0 aromatic rings. The van der Waals surface area contributed by atoms with Gasteiger partial charge in [-0.05, 0) is 59.3 Å². The lowest BCUT2D eigenvalue weighted by Gasteiger charge is -2.34. The summed E-state index contributed by atoms with van der Waals surface area (Å²) in [6, 6.07) is -2.09. The number of hydrogen-bond acceptors (Lipinski definition) is 6. The first-order valence-corrected chi connectivity index (χ1v) is 11.6. The van der Waals surface area contributed by atoms with Crippen molar-refractivity contribution in [3.63, 3.8) is 0 Å². The van der Waals surface area contributed by atoms with Crippen LogP contribution < -0.4 is 5.32 Å². The molecule has 3 heterocycles. The summed E-state index contributed by atoms with van der Waals surface area (Å²) in [5, 5.41) is 11.1. The fourth-order valence-corrected chi connectivity index (χ4v) is 4.82. The van der Waals surface area contributed by atoms with Gasteiger partial charge in [-0.3, -0.25) is 24.1 Å². The number of hydrogen-bond donors (Lipinski definition) is 2. The predicted octanol–water partition coefficient (Wildman–Crippen LogP) is 0.569. The Morgan fingerprint density at radius 3 is 1.79 bits per heavy atom. The lowest BCUT2D eigenvalue weighted by atomic mass is 10.1. The highest BCUT2D eigenvalue weighted by Gasteiger charge is 2.46. The molecule has 0 aromatic carbocycles. The quantitative estimate of drug-likeness (QED) is 0.604. The molecule has 0 spiro atoms. The van der Waals surface area contributed by atoms with Crippen molar-refractivity contribution in [2.24, 2.45) is 0 Å². The molecule has 0 radical (unpaired) electrons. The summed E-state index contributed by atoms with van der Waals surface area (Å²) in [4.78, 5) is 67.0. The van der Waals surface area contributed by atoms with Crippen molar-refractivity contribution in [3.8, 4) is 0 Å². The SMILES string of the molecule is CC(C)(C)OC(=O)N1CCC[C@H]1C(=O)N1CCC[C@H]1C(=O)N1CCC[C@H]1C(=O)NCC(=O)O. The third kappa shape index (κ3) is 5.75. The molecule has 3 aliphatic heterocycles. The Balaban J connectivity index is 1.68. The molecule has 3 saturated heterocycles. The average Bonchev–Trinajstić information content (AvgIpc) is 3.49. The zero-order valence-corrected chi connectivity index (χ0v) is 19.5. The molecule has 184 valence electrons. The first-order valence-electron chi connectivity index (χ1n) is 11.6. The van der Waals surface area contributed by atoms with E-state index in [4.69, 9.17) is 9.84 Å². The Morgan fingerprint density at radius 2 is 1.27 bits per heavy atom. The molecule has 3 aliphatic rings. The van der Waals surface area contributed by atoms with Crippen LogP contribution in [0.15, 0.2) is 0 Å².